The standard InChI is InChI=1S/C21H29N3O2/c1-17-9-13-24(14-10-17)12-6-5-11-22-20(25)15-19-16-26-21(23-19)18-7-3-2-4-8-18/h2-4,7-8,16-17H,5-6,9-15H2,1H3,(H,22,25). The lowest BCUT2D eigenvalue weighted by atomic mass is 9.99. The monoisotopic (exact) mass is 355 g/mol. The van der Waals surface area contributed by atoms with Gasteiger partial charge in [-0.25, -0.2) is 4.98 Å². The summed E-state index contributed by atoms with van der Waals surface area (Å²) in [6.07, 6.45) is 6.63. The molecule has 5 nitrogen and oxygen atoms in total. The van der Waals surface area contributed by atoms with Gasteiger partial charge in [-0.3, -0.25) is 4.79 Å². The number of nitrogens with one attached hydrogen (secondary N) is 1. The lowest BCUT2D eigenvalue weighted by Crippen LogP contribution is -2.34. The number of amides is 1. The molecule has 1 aromatic heterocycles. The molecule has 2 aromatic rings. The summed E-state index contributed by atoms with van der Waals surface area (Å²) in [5, 5.41) is 2.99. The number of nitrogens with zero attached hydrogens (tertiary/aromatic N) is 2. The first kappa shape index (κ1) is 18.6. The molecule has 0 radical (unpaired) electrons. The predicted octanol–water partition coefficient (Wildman–Crippen LogP) is 3.51. The molecule has 1 fully saturated rings. The Morgan fingerprint density at radius 1 is 1.23 bits per heavy atom. The zero-order valence-electron chi connectivity index (χ0n) is 15.6. The van der Waals surface area contributed by atoms with Crippen molar-refractivity contribution >= 4 is 5.91 Å². The Balaban J connectivity index is 1.31. The van der Waals surface area contributed by atoms with Crippen LogP contribution in [0.2, 0.25) is 0 Å². The summed E-state index contributed by atoms with van der Waals surface area (Å²) in [7, 11) is 0. The van der Waals surface area contributed by atoms with Crippen LogP contribution < -0.4 is 5.32 Å². The SMILES string of the molecule is CC1CCN(CCCCNC(=O)Cc2coc(-c3ccccc3)n2)CC1. The molecule has 2 heterocycles. The van der Waals surface area contributed by atoms with Crippen LogP contribution in [0.5, 0.6) is 0 Å². The minimum Gasteiger partial charge on any atom is -0.444 e. The Morgan fingerprint density at radius 3 is 2.77 bits per heavy atom. The average molecular weight is 355 g/mol. The van der Waals surface area contributed by atoms with E-state index in [1.807, 2.05) is 30.3 Å². The predicted molar refractivity (Wildman–Crippen MR) is 103 cm³/mol. The Kier molecular flexibility index (Phi) is 6.83. The van der Waals surface area contributed by atoms with Gasteiger partial charge in [0.15, 0.2) is 0 Å². The van der Waals surface area contributed by atoms with E-state index in [2.05, 4.69) is 22.1 Å². The van der Waals surface area contributed by atoms with Crippen molar-refractivity contribution in [2.24, 2.45) is 5.92 Å². The lowest BCUT2D eigenvalue weighted by Gasteiger charge is -2.30. The van der Waals surface area contributed by atoms with Crippen LogP contribution in [0.25, 0.3) is 11.5 Å². The van der Waals surface area contributed by atoms with Crippen LogP contribution in [-0.2, 0) is 11.2 Å². The third-order valence-corrected chi connectivity index (χ3v) is 5.01. The molecule has 0 saturated carbocycles. The van der Waals surface area contributed by atoms with Crippen molar-refractivity contribution in [2.45, 2.75) is 39.0 Å². The van der Waals surface area contributed by atoms with Gasteiger partial charge in [-0.05, 0) is 63.4 Å². The molecule has 0 atom stereocenters. The number of aromatic nitrogens is 1. The van der Waals surface area contributed by atoms with E-state index in [0.717, 1.165) is 37.4 Å². The van der Waals surface area contributed by atoms with E-state index in [-0.39, 0.29) is 12.3 Å². The summed E-state index contributed by atoms with van der Waals surface area (Å²) in [5.41, 5.74) is 1.59. The molecule has 140 valence electrons. The van der Waals surface area contributed by atoms with E-state index >= 15 is 0 Å². The number of hydrogen-bond acceptors (Lipinski definition) is 4. The number of likely N-dealkylation sites (tertiary alicyclic amines) is 1. The van der Waals surface area contributed by atoms with Crippen LogP contribution in [0.3, 0.4) is 0 Å². The first-order valence-corrected chi connectivity index (χ1v) is 9.69. The smallest absolute Gasteiger partial charge is 0.226 e. The Morgan fingerprint density at radius 2 is 2.00 bits per heavy atom. The molecular weight excluding hydrogens is 326 g/mol. The second-order valence-electron chi connectivity index (χ2n) is 7.27. The molecule has 1 N–H and O–H groups in total. The number of carbonyl (C=O) groups excluding carboxylic acids is 1. The molecule has 26 heavy (non-hydrogen) atoms. The maximum absolute atomic E-state index is 12.1. The minimum atomic E-state index is 0.00436. The topological polar surface area (TPSA) is 58.4 Å². The molecule has 0 aliphatic carbocycles. The normalized spacial score (nSPS) is 15.9. The lowest BCUT2D eigenvalue weighted by molar-refractivity contribution is -0.120. The first-order chi connectivity index (χ1) is 12.7. The maximum atomic E-state index is 12.1. The van der Waals surface area contributed by atoms with Gasteiger partial charge < -0.3 is 14.6 Å². The molecule has 1 amide bonds. The van der Waals surface area contributed by atoms with Gasteiger partial charge >= 0.3 is 0 Å². The zero-order chi connectivity index (χ0) is 18.2. The highest BCUT2D eigenvalue weighted by Gasteiger charge is 2.15. The highest BCUT2D eigenvalue weighted by molar-refractivity contribution is 5.78. The number of hydrogen-bond donors (Lipinski definition) is 1. The fourth-order valence-corrected chi connectivity index (χ4v) is 3.30. The molecule has 0 unspecified atom stereocenters. The third kappa shape index (κ3) is 5.70. The molecule has 3 rings (SSSR count). The fourth-order valence-electron chi connectivity index (χ4n) is 3.30. The molecule has 1 aliphatic heterocycles. The van der Waals surface area contributed by atoms with Gasteiger partial charge in [-0.2, -0.15) is 0 Å². The van der Waals surface area contributed by atoms with Crippen molar-refractivity contribution in [1.82, 2.24) is 15.2 Å². The maximum Gasteiger partial charge on any atom is 0.226 e. The number of rotatable bonds is 8. The van der Waals surface area contributed by atoms with Gasteiger partial charge in [0.25, 0.3) is 0 Å². The molecule has 1 saturated heterocycles. The van der Waals surface area contributed by atoms with E-state index in [1.165, 1.54) is 25.9 Å². The quantitative estimate of drug-likeness (QED) is 0.736. The highest BCUT2D eigenvalue weighted by Crippen LogP contribution is 2.18. The van der Waals surface area contributed by atoms with E-state index in [9.17, 15) is 4.79 Å². The van der Waals surface area contributed by atoms with Crippen molar-refractivity contribution in [1.29, 1.82) is 0 Å². The highest BCUT2D eigenvalue weighted by atomic mass is 16.3. The molecule has 5 heteroatoms. The molecular formula is C21H29N3O2. The van der Waals surface area contributed by atoms with E-state index < -0.39 is 0 Å². The van der Waals surface area contributed by atoms with Crippen molar-refractivity contribution in [3.63, 3.8) is 0 Å². The fraction of sp³-hybridized carbons (Fsp3) is 0.524. The van der Waals surface area contributed by atoms with Crippen LogP contribution in [0.4, 0.5) is 0 Å². The van der Waals surface area contributed by atoms with E-state index in [1.54, 1.807) is 6.26 Å². The third-order valence-electron chi connectivity index (χ3n) is 5.01. The van der Waals surface area contributed by atoms with Crippen molar-refractivity contribution in [3.05, 3.63) is 42.3 Å². The number of benzene rings is 1. The van der Waals surface area contributed by atoms with Crippen LogP contribution in [-0.4, -0.2) is 42.0 Å². The van der Waals surface area contributed by atoms with E-state index in [4.69, 9.17) is 4.42 Å². The summed E-state index contributed by atoms with van der Waals surface area (Å²) in [6, 6.07) is 9.72. The van der Waals surface area contributed by atoms with Gasteiger partial charge in [0.2, 0.25) is 11.8 Å². The summed E-state index contributed by atoms with van der Waals surface area (Å²) in [4.78, 5) is 19.0. The molecule has 1 aromatic carbocycles. The number of piperidine rings is 1. The summed E-state index contributed by atoms with van der Waals surface area (Å²) in [6.45, 7) is 6.66. The Bertz CT molecular complexity index is 676. The molecule has 1 aliphatic rings. The second kappa shape index (κ2) is 9.53. The van der Waals surface area contributed by atoms with Crippen molar-refractivity contribution < 1.29 is 9.21 Å². The number of unbranched alkanes of at least 4 members (excludes halogenated alkanes) is 1. The van der Waals surface area contributed by atoms with Crippen LogP contribution in [0.15, 0.2) is 41.0 Å². The Hall–Kier alpha value is -2.14. The van der Waals surface area contributed by atoms with Gasteiger partial charge in [0, 0.05) is 12.1 Å². The average Bonchev–Trinajstić information content (AvgIpc) is 3.12. The molecule has 0 bridgehead atoms. The summed E-state index contributed by atoms with van der Waals surface area (Å²) in [5.74, 6) is 1.44. The van der Waals surface area contributed by atoms with Gasteiger partial charge in [0.05, 0.1) is 12.1 Å². The van der Waals surface area contributed by atoms with Crippen LogP contribution >= 0.6 is 0 Å². The first-order valence-electron chi connectivity index (χ1n) is 9.69. The number of oxazole rings is 1. The van der Waals surface area contributed by atoms with Crippen LogP contribution in [0.1, 0.15) is 38.3 Å². The van der Waals surface area contributed by atoms with Gasteiger partial charge in [-0.1, -0.05) is 25.1 Å². The summed E-state index contributed by atoms with van der Waals surface area (Å²) >= 11 is 0. The number of carbonyl (C=O) groups is 1. The van der Waals surface area contributed by atoms with Crippen molar-refractivity contribution in [3.8, 4) is 11.5 Å². The van der Waals surface area contributed by atoms with Gasteiger partial charge in [-0.15, -0.1) is 0 Å². The van der Waals surface area contributed by atoms with Crippen molar-refractivity contribution in [2.75, 3.05) is 26.2 Å². The van der Waals surface area contributed by atoms with Gasteiger partial charge in [0.1, 0.15) is 6.26 Å². The minimum absolute atomic E-state index is 0.00436. The largest absolute Gasteiger partial charge is 0.444 e. The zero-order valence-corrected chi connectivity index (χ0v) is 15.6. The van der Waals surface area contributed by atoms with Crippen LogP contribution in [0, 0.1) is 5.92 Å². The summed E-state index contributed by atoms with van der Waals surface area (Å²) < 4.78 is 5.47. The second-order valence-corrected chi connectivity index (χ2v) is 7.27. The Labute approximate surface area is 155 Å². The van der Waals surface area contributed by atoms with E-state index in [0.29, 0.717) is 11.6 Å². The molecule has 0 spiro atoms.